The van der Waals surface area contributed by atoms with Gasteiger partial charge in [0.05, 0.1) is 11.3 Å². The van der Waals surface area contributed by atoms with Gasteiger partial charge in [-0.3, -0.25) is 9.67 Å². The Morgan fingerprint density at radius 3 is 2.71 bits per heavy atom. The van der Waals surface area contributed by atoms with E-state index in [0.717, 1.165) is 22.0 Å². The zero-order chi connectivity index (χ0) is 15.4. The highest BCUT2D eigenvalue weighted by Crippen LogP contribution is 2.25. The van der Waals surface area contributed by atoms with Crippen LogP contribution in [0.25, 0.3) is 22.0 Å². The second kappa shape index (κ2) is 6.19. The summed E-state index contributed by atoms with van der Waals surface area (Å²) in [7, 11) is 1.80. The number of fused-ring (bicyclic) bond motifs is 1. The normalized spacial score (nSPS) is 9.86. The molecule has 0 aliphatic rings. The molecule has 0 aliphatic carbocycles. The van der Waals surface area contributed by atoms with Crippen LogP contribution in [0.4, 0.5) is 0 Å². The Bertz CT molecular complexity index is 809. The maximum absolute atomic E-state index is 9.10. The van der Waals surface area contributed by atoms with E-state index in [0.29, 0.717) is 5.69 Å². The van der Waals surface area contributed by atoms with Crippen molar-refractivity contribution in [3.05, 3.63) is 47.9 Å². The second-order valence-electron chi connectivity index (χ2n) is 4.54. The van der Waals surface area contributed by atoms with E-state index in [9.17, 15) is 0 Å². The molecule has 4 heteroatoms. The molecule has 0 bridgehead atoms. The third-order valence-electron chi connectivity index (χ3n) is 3.19. The maximum Gasteiger partial charge on any atom is 0.171 e. The first-order valence-corrected chi connectivity index (χ1v) is 6.98. The molecule has 2 heterocycles. The van der Waals surface area contributed by atoms with Gasteiger partial charge in [0.2, 0.25) is 0 Å². The highest BCUT2D eigenvalue weighted by Gasteiger charge is 2.11. The van der Waals surface area contributed by atoms with Gasteiger partial charge in [-0.15, -0.1) is 0 Å². The van der Waals surface area contributed by atoms with Gasteiger partial charge in [0.25, 0.3) is 0 Å². The van der Waals surface area contributed by atoms with E-state index < -0.39 is 0 Å². The third kappa shape index (κ3) is 2.77. The van der Waals surface area contributed by atoms with Crippen LogP contribution in [0.1, 0.15) is 25.1 Å². The summed E-state index contributed by atoms with van der Waals surface area (Å²) in [6.07, 6.45) is 3.68. The first-order chi connectivity index (χ1) is 10.2. The van der Waals surface area contributed by atoms with Crippen molar-refractivity contribution < 1.29 is 0 Å². The lowest BCUT2D eigenvalue weighted by atomic mass is 10.1. The Labute approximate surface area is 124 Å². The molecule has 0 fully saturated rings. The van der Waals surface area contributed by atoms with E-state index in [-0.39, 0.29) is 0 Å². The van der Waals surface area contributed by atoms with Crippen LogP contribution in [-0.2, 0) is 7.05 Å². The molecule has 0 N–H and O–H groups in total. The minimum absolute atomic E-state index is 0.405. The summed E-state index contributed by atoms with van der Waals surface area (Å²) in [5, 5.41) is 15.5. The molecule has 1 aromatic carbocycles. The van der Waals surface area contributed by atoms with Gasteiger partial charge >= 0.3 is 0 Å². The molecular formula is C17H18N4. The number of nitrogens with zero attached hydrogens (tertiary/aromatic N) is 4. The first kappa shape index (κ1) is 14.7. The number of benzene rings is 1. The summed E-state index contributed by atoms with van der Waals surface area (Å²) >= 11 is 0. The number of nitriles is 1. The molecule has 0 saturated carbocycles. The number of hydrogen-bond acceptors (Lipinski definition) is 3. The van der Waals surface area contributed by atoms with Crippen LogP contribution in [-0.4, -0.2) is 14.8 Å². The lowest BCUT2D eigenvalue weighted by molar-refractivity contribution is 0.763. The predicted octanol–water partition coefficient (Wildman–Crippen LogP) is 3.84. The number of pyridine rings is 1. The molecule has 0 amide bonds. The largest absolute Gasteiger partial charge is 0.274 e. The quantitative estimate of drug-likeness (QED) is 0.679. The molecule has 106 valence electrons. The fourth-order valence-electron chi connectivity index (χ4n) is 2.23. The van der Waals surface area contributed by atoms with E-state index >= 15 is 0 Å². The minimum Gasteiger partial charge on any atom is -0.274 e. The van der Waals surface area contributed by atoms with Crippen LogP contribution in [0.15, 0.2) is 36.7 Å². The van der Waals surface area contributed by atoms with Gasteiger partial charge in [0.1, 0.15) is 6.07 Å². The number of hydrogen-bond donors (Lipinski definition) is 0. The highest BCUT2D eigenvalue weighted by molar-refractivity contribution is 5.88. The molecule has 0 aliphatic heterocycles. The van der Waals surface area contributed by atoms with Crippen LogP contribution < -0.4 is 0 Å². The summed E-state index contributed by atoms with van der Waals surface area (Å²) in [5.41, 5.74) is 3.15. The molecule has 0 spiro atoms. The number of aromatic nitrogens is 3. The summed E-state index contributed by atoms with van der Waals surface area (Å²) in [5.74, 6) is 0. The van der Waals surface area contributed by atoms with Crippen molar-refractivity contribution in [3.63, 3.8) is 0 Å². The van der Waals surface area contributed by atoms with Crippen LogP contribution in [0.5, 0.6) is 0 Å². The molecule has 4 nitrogen and oxygen atoms in total. The molecule has 0 unspecified atom stereocenters. The van der Waals surface area contributed by atoms with Crippen LogP contribution in [0.3, 0.4) is 0 Å². The number of rotatable bonds is 1. The Hall–Kier alpha value is -2.67. The van der Waals surface area contributed by atoms with E-state index in [4.69, 9.17) is 5.26 Å². The number of aryl methyl sites for hydroxylation is 2. The Kier molecular flexibility index (Phi) is 4.34. The second-order valence-corrected chi connectivity index (χ2v) is 4.54. The van der Waals surface area contributed by atoms with Gasteiger partial charge < -0.3 is 0 Å². The molecule has 21 heavy (non-hydrogen) atoms. The van der Waals surface area contributed by atoms with Crippen molar-refractivity contribution >= 4 is 10.8 Å². The van der Waals surface area contributed by atoms with Crippen molar-refractivity contribution in [3.8, 4) is 17.3 Å². The fraction of sp³-hybridized carbons (Fsp3) is 0.235. The van der Waals surface area contributed by atoms with Gasteiger partial charge in [-0.2, -0.15) is 10.4 Å². The minimum atomic E-state index is 0.405. The lowest BCUT2D eigenvalue weighted by Gasteiger charge is -2.03. The van der Waals surface area contributed by atoms with E-state index in [2.05, 4.69) is 35.2 Å². The summed E-state index contributed by atoms with van der Waals surface area (Å²) in [6.45, 7) is 6.06. The fourth-order valence-corrected chi connectivity index (χ4v) is 2.23. The molecule has 3 aromatic rings. The van der Waals surface area contributed by atoms with Gasteiger partial charge in [-0.25, -0.2) is 0 Å². The molecule has 0 saturated heterocycles. The Balaban J connectivity index is 0.000000774. The van der Waals surface area contributed by atoms with E-state index in [1.54, 1.807) is 11.7 Å². The van der Waals surface area contributed by atoms with E-state index in [1.807, 2.05) is 38.4 Å². The van der Waals surface area contributed by atoms with Gasteiger partial charge in [0, 0.05) is 24.8 Å². The van der Waals surface area contributed by atoms with Crippen LogP contribution in [0, 0.1) is 18.3 Å². The van der Waals surface area contributed by atoms with Gasteiger partial charge in [-0.05, 0) is 23.9 Å². The zero-order valence-electron chi connectivity index (χ0n) is 12.8. The summed E-state index contributed by atoms with van der Waals surface area (Å²) in [6, 6.07) is 10.2. The zero-order valence-corrected chi connectivity index (χ0v) is 12.8. The van der Waals surface area contributed by atoms with Crippen molar-refractivity contribution in [2.75, 3.05) is 0 Å². The molecule has 3 rings (SSSR count). The summed E-state index contributed by atoms with van der Waals surface area (Å²) in [4.78, 5) is 4.46. The summed E-state index contributed by atoms with van der Waals surface area (Å²) < 4.78 is 1.63. The standard InChI is InChI=1S/C15H12N4.C2H6/c1-10-4-3-5-11-6-14(17-8-12(10)11)13-9-19(2)18-15(13)7-16;1-2/h3-6,8-9H,1-2H3;1-2H3. The molecule has 0 atom stereocenters. The average Bonchev–Trinajstić information content (AvgIpc) is 2.90. The Morgan fingerprint density at radius 1 is 1.24 bits per heavy atom. The average molecular weight is 278 g/mol. The predicted molar refractivity (Wildman–Crippen MR) is 84.7 cm³/mol. The van der Waals surface area contributed by atoms with Gasteiger partial charge in [0.15, 0.2) is 5.69 Å². The van der Waals surface area contributed by atoms with Crippen molar-refractivity contribution in [1.29, 1.82) is 5.26 Å². The molecule has 0 radical (unpaired) electrons. The van der Waals surface area contributed by atoms with Gasteiger partial charge in [-0.1, -0.05) is 32.0 Å². The Morgan fingerprint density at radius 2 is 2.00 bits per heavy atom. The van der Waals surface area contributed by atoms with Crippen molar-refractivity contribution in [1.82, 2.24) is 14.8 Å². The molecule has 2 aromatic heterocycles. The monoisotopic (exact) mass is 278 g/mol. The molecular weight excluding hydrogens is 260 g/mol. The maximum atomic E-state index is 9.10. The topological polar surface area (TPSA) is 54.5 Å². The first-order valence-electron chi connectivity index (χ1n) is 6.98. The third-order valence-corrected chi connectivity index (χ3v) is 3.19. The highest BCUT2D eigenvalue weighted by atomic mass is 15.3. The lowest BCUT2D eigenvalue weighted by Crippen LogP contribution is -1.87. The van der Waals surface area contributed by atoms with Crippen LogP contribution in [0.2, 0.25) is 0 Å². The van der Waals surface area contributed by atoms with Crippen LogP contribution >= 0.6 is 0 Å². The van der Waals surface area contributed by atoms with Crippen molar-refractivity contribution in [2.24, 2.45) is 7.05 Å². The van der Waals surface area contributed by atoms with E-state index in [1.165, 1.54) is 5.56 Å². The smallest absolute Gasteiger partial charge is 0.171 e. The SMILES string of the molecule is CC.Cc1cccc2cc(-c3cn(C)nc3C#N)ncc12. The van der Waals surface area contributed by atoms with Crippen molar-refractivity contribution in [2.45, 2.75) is 20.8 Å².